The molecule has 1 amide bonds. The minimum Gasteiger partial charge on any atom is -0.312 e. The van der Waals surface area contributed by atoms with Crippen molar-refractivity contribution in [3.63, 3.8) is 0 Å². The van der Waals surface area contributed by atoms with Crippen LogP contribution in [0.5, 0.6) is 0 Å². The van der Waals surface area contributed by atoms with Crippen LogP contribution in [0.25, 0.3) is 0 Å². The highest BCUT2D eigenvalue weighted by Gasteiger charge is 2.33. The number of nitrogens with one attached hydrogen (secondary N) is 1. The van der Waals surface area contributed by atoms with E-state index in [-0.39, 0.29) is 23.5 Å². The molecule has 154 valence electrons. The van der Waals surface area contributed by atoms with Gasteiger partial charge in [0.15, 0.2) is 5.16 Å². The van der Waals surface area contributed by atoms with Gasteiger partial charge in [0.05, 0.1) is 5.56 Å². The highest BCUT2D eigenvalue weighted by Crippen LogP contribution is 2.37. The topological polar surface area (TPSA) is 64.0 Å². The van der Waals surface area contributed by atoms with Crippen molar-refractivity contribution in [1.82, 2.24) is 9.55 Å². The number of benzene rings is 2. The van der Waals surface area contributed by atoms with E-state index in [0.717, 1.165) is 23.3 Å². The van der Waals surface area contributed by atoms with Crippen molar-refractivity contribution in [2.24, 2.45) is 7.05 Å². The Bertz CT molecular complexity index is 1210. The van der Waals surface area contributed by atoms with Crippen molar-refractivity contribution >= 4 is 23.5 Å². The van der Waals surface area contributed by atoms with Crippen LogP contribution in [0.4, 0.5) is 14.6 Å². The van der Waals surface area contributed by atoms with Crippen LogP contribution in [0.2, 0.25) is 0 Å². The van der Waals surface area contributed by atoms with Gasteiger partial charge in [0.1, 0.15) is 17.5 Å². The first-order chi connectivity index (χ1) is 14.3. The summed E-state index contributed by atoms with van der Waals surface area (Å²) in [5.74, 6) is -1.77. The van der Waals surface area contributed by atoms with Gasteiger partial charge >= 0.3 is 0 Å². The van der Waals surface area contributed by atoms with Crippen LogP contribution in [0.15, 0.2) is 52.4 Å². The van der Waals surface area contributed by atoms with Crippen molar-refractivity contribution in [2.45, 2.75) is 30.2 Å². The standard InChI is InChI=1S/C22H19F2N3O2S/c1-12-5-3-4-6-13(12)11-30-22-26-21(29)19-16(10-18(28)25-20(19)27(22)2)15-8-7-14(23)9-17(15)24/h3-9,16H,10-11H2,1-2H3,(H,25,28). The van der Waals surface area contributed by atoms with E-state index < -0.39 is 23.1 Å². The first-order valence-corrected chi connectivity index (χ1v) is 10.4. The molecule has 1 unspecified atom stereocenters. The molecule has 3 aromatic rings. The number of fused-ring (bicyclic) bond motifs is 1. The van der Waals surface area contributed by atoms with Gasteiger partial charge in [-0.2, -0.15) is 4.98 Å². The lowest BCUT2D eigenvalue weighted by atomic mass is 9.86. The number of aromatic nitrogens is 2. The van der Waals surface area contributed by atoms with Gasteiger partial charge < -0.3 is 9.88 Å². The van der Waals surface area contributed by atoms with E-state index in [1.165, 1.54) is 17.8 Å². The largest absolute Gasteiger partial charge is 0.312 e. The van der Waals surface area contributed by atoms with E-state index in [9.17, 15) is 18.4 Å². The summed E-state index contributed by atoms with van der Waals surface area (Å²) in [5.41, 5.74) is 2.04. The number of thioether (sulfide) groups is 1. The number of aryl methyl sites for hydroxylation is 1. The molecule has 0 aliphatic carbocycles. The number of hydrogen-bond acceptors (Lipinski definition) is 4. The fourth-order valence-electron chi connectivity index (χ4n) is 3.63. The summed E-state index contributed by atoms with van der Waals surface area (Å²) in [7, 11) is 1.70. The number of amides is 1. The first-order valence-electron chi connectivity index (χ1n) is 9.38. The average Bonchev–Trinajstić information content (AvgIpc) is 2.70. The molecule has 1 aromatic heterocycles. The molecule has 8 heteroatoms. The van der Waals surface area contributed by atoms with Crippen LogP contribution in [0.3, 0.4) is 0 Å². The summed E-state index contributed by atoms with van der Waals surface area (Å²) in [6.07, 6.45) is -0.109. The Morgan fingerprint density at radius 3 is 2.70 bits per heavy atom. The van der Waals surface area contributed by atoms with Crippen molar-refractivity contribution in [2.75, 3.05) is 5.32 Å². The molecule has 30 heavy (non-hydrogen) atoms. The Morgan fingerprint density at radius 2 is 1.97 bits per heavy atom. The van der Waals surface area contributed by atoms with E-state index >= 15 is 0 Å². The quantitative estimate of drug-likeness (QED) is 0.502. The third-order valence-corrected chi connectivity index (χ3v) is 6.34. The molecule has 1 aliphatic rings. The Balaban J connectivity index is 1.75. The lowest BCUT2D eigenvalue weighted by Gasteiger charge is -2.27. The molecule has 2 heterocycles. The minimum atomic E-state index is -0.823. The summed E-state index contributed by atoms with van der Waals surface area (Å²) in [6, 6.07) is 11.1. The zero-order valence-corrected chi connectivity index (χ0v) is 17.2. The number of hydrogen-bond donors (Lipinski definition) is 1. The SMILES string of the molecule is Cc1ccccc1CSc1nc(=O)c2c(n1C)NC(=O)CC2c1ccc(F)cc1F. The molecule has 2 aromatic carbocycles. The van der Waals surface area contributed by atoms with Crippen molar-refractivity contribution in [3.05, 3.63) is 86.7 Å². The Morgan fingerprint density at radius 1 is 1.20 bits per heavy atom. The zero-order valence-electron chi connectivity index (χ0n) is 16.4. The molecular formula is C22H19F2N3O2S. The summed E-state index contributed by atoms with van der Waals surface area (Å²) >= 11 is 1.38. The van der Waals surface area contributed by atoms with Gasteiger partial charge in [-0.1, -0.05) is 42.1 Å². The summed E-state index contributed by atoms with van der Waals surface area (Å²) in [4.78, 5) is 29.4. The monoisotopic (exact) mass is 427 g/mol. The van der Waals surface area contributed by atoms with E-state index in [1.54, 1.807) is 11.6 Å². The summed E-state index contributed by atoms with van der Waals surface area (Å²) in [5, 5.41) is 3.17. The first kappa shape index (κ1) is 20.3. The molecule has 4 rings (SSSR count). The van der Waals surface area contributed by atoms with Crippen LogP contribution in [0, 0.1) is 18.6 Å². The van der Waals surface area contributed by atoms with Crippen LogP contribution in [0.1, 0.15) is 34.6 Å². The lowest BCUT2D eigenvalue weighted by molar-refractivity contribution is -0.116. The molecular weight excluding hydrogens is 408 g/mol. The molecule has 0 bridgehead atoms. The number of nitrogens with zero attached hydrogens (tertiary/aromatic N) is 2. The second kappa shape index (κ2) is 8.02. The maximum atomic E-state index is 14.4. The third kappa shape index (κ3) is 3.75. The smallest absolute Gasteiger partial charge is 0.279 e. The second-order valence-electron chi connectivity index (χ2n) is 7.21. The lowest BCUT2D eigenvalue weighted by Crippen LogP contribution is -2.33. The van der Waals surface area contributed by atoms with Gasteiger partial charge in [0, 0.05) is 31.2 Å². The minimum absolute atomic E-state index is 0.103. The van der Waals surface area contributed by atoms with Crippen molar-refractivity contribution < 1.29 is 13.6 Å². The molecule has 1 atom stereocenters. The predicted octanol–water partition coefficient (Wildman–Crippen LogP) is 4.13. The predicted molar refractivity (Wildman–Crippen MR) is 112 cm³/mol. The number of halogens is 2. The molecule has 0 saturated heterocycles. The Labute approximate surface area is 176 Å². The number of carbonyl (C=O) groups excluding carboxylic acids is 1. The van der Waals surface area contributed by atoms with Crippen LogP contribution < -0.4 is 10.9 Å². The normalized spacial score (nSPS) is 15.6. The molecule has 1 N–H and O–H groups in total. The van der Waals surface area contributed by atoms with E-state index in [1.807, 2.05) is 31.2 Å². The van der Waals surface area contributed by atoms with E-state index in [0.29, 0.717) is 16.7 Å². The molecule has 0 radical (unpaired) electrons. The van der Waals surface area contributed by atoms with Gasteiger partial charge in [0.25, 0.3) is 5.56 Å². The van der Waals surface area contributed by atoms with Crippen molar-refractivity contribution in [1.29, 1.82) is 0 Å². The van der Waals surface area contributed by atoms with Crippen LogP contribution in [-0.4, -0.2) is 15.5 Å². The van der Waals surface area contributed by atoms with Gasteiger partial charge in [-0.25, -0.2) is 8.78 Å². The van der Waals surface area contributed by atoms with E-state index in [4.69, 9.17) is 0 Å². The van der Waals surface area contributed by atoms with Crippen LogP contribution in [-0.2, 0) is 17.6 Å². The summed E-state index contributed by atoms with van der Waals surface area (Å²) < 4.78 is 29.4. The van der Waals surface area contributed by atoms with Gasteiger partial charge in [0.2, 0.25) is 5.91 Å². The molecule has 0 fully saturated rings. The fraction of sp³-hybridized carbons (Fsp3) is 0.227. The average molecular weight is 427 g/mol. The molecule has 5 nitrogen and oxygen atoms in total. The highest BCUT2D eigenvalue weighted by molar-refractivity contribution is 7.98. The van der Waals surface area contributed by atoms with E-state index in [2.05, 4.69) is 10.3 Å². The Hall–Kier alpha value is -3.00. The van der Waals surface area contributed by atoms with Gasteiger partial charge in [-0.15, -0.1) is 0 Å². The van der Waals surface area contributed by atoms with Crippen LogP contribution >= 0.6 is 11.8 Å². The third-order valence-electron chi connectivity index (χ3n) is 5.26. The number of carbonyl (C=O) groups is 1. The summed E-state index contributed by atoms with van der Waals surface area (Å²) in [6.45, 7) is 2.01. The highest BCUT2D eigenvalue weighted by atomic mass is 32.2. The van der Waals surface area contributed by atoms with Gasteiger partial charge in [-0.3, -0.25) is 9.59 Å². The van der Waals surface area contributed by atoms with Gasteiger partial charge in [-0.05, 0) is 29.7 Å². The maximum Gasteiger partial charge on any atom is 0.279 e. The molecule has 1 aliphatic heterocycles. The molecule has 0 saturated carbocycles. The van der Waals surface area contributed by atoms with Crippen molar-refractivity contribution in [3.8, 4) is 0 Å². The maximum absolute atomic E-state index is 14.4. The number of anilines is 1. The second-order valence-corrected chi connectivity index (χ2v) is 8.15. The Kier molecular flexibility index (Phi) is 5.42. The fourth-order valence-corrected chi connectivity index (χ4v) is 4.67. The number of rotatable bonds is 4. The zero-order chi connectivity index (χ0) is 21.4. The molecule has 0 spiro atoms.